The molecule has 100 valence electrons. The SMILES string of the molecule is Cc1ncc(S(=O)(=O)Nc2cccc(C(=O)O)n2)s1. The number of pyridine rings is 1. The summed E-state index contributed by atoms with van der Waals surface area (Å²) >= 11 is 1.02. The van der Waals surface area contributed by atoms with Crippen LogP contribution in [0.2, 0.25) is 0 Å². The number of aromatic nitrogens is 2. The van der Waals surface area contributed by atoms with Crippen molar-refractivity contribution in [1.29, 1.82) is 0 Å². The van der Waals surface area contributed by atoms with Crippen LogP contribution in [0.25, 0.3) is 0 Å². The van der Waals surface area contributed by atoms with Crippen LogP contribution in [0.15, 0.2) is 28.6 Å². The molecule has 0 spiro atoms. The number of hydrogen-bond acceptors (Lipinski definition) is 6. The topological polar surface area (TPSA) is 109 Å². The second-order valence-electron chi connectivity index (χ2n) is 3.52. The van der Waals surface area contributed by atoms with E-state index in [0.717, 1.165) is 11.3 Å². The predicted molar refractivity (Wildman–Crippen MR) is 68.9 cm³/mol. The third kappa shape index (κ3) is 3.06. The van der Waals surface area contributed by atoms with Gasteiger partial charge in [0.25, 0.3) is 10.0 Å². The summed E-state index contributed by atoms with van der Waals surface area (Å²) in [5, 5.41) is 9.40. The highest BCUT2D eigenvalue weighted by molar-refractivity contribution is 7.94. The van der Waals surface area contributed by atoms with Gasteiger partial charge in [0.1, 0.15) is 5.82 Å². The molecule has 7 nitrogen and oxygen atoms in total. The van der Waals surface area contributed by atoms with Gasteiger partial charge in [-0.05, 0) is 19.1 Å². The van der Waals surface area contributed by atoms with E-state index in [4.69, 9.17) is 5.11 Å². The lowest BCUT2D eigenvalue weighted by atomic mass is 10.3. The Kier molecular flexibility index (Phi) is 3.49. The number of anilines is 1. The number of nitrogens with one attached hydrogen (secondary N) is 1. The van der Waals surface area contributed by atoms with Crippen molar-refractivity contribution in [2.45, 2.75) is 11.1 Å². The monoisotopic (exact) mass is 299 g/mol. The van der Waals surface area contributed by atoms with Crippen LogP contribution in [0.3, 0.4) is 0 Å². The highest BCUT2D eigenvalue weighted by Gasteiger charge is 2.18. The molecule has 0 radical (unpaired) electrons. The van der Waals surface area contributed by atoms with E-state index < -0.39 is 16.0 Å². The minimum absolute atomic E-state index is 0.0486. The number of nitrogens with zero attached hydrogens (tertiary/aromatic N) is 2. The van der Waals surface area contributed by atoms with Crippen molar-refractivity contribution in [1.82, 2.24) is 9.97 Å². The van der Waals surface area contributed by atoms with Crippen molar-refractivity contribution >= 4 is 33.1 Å². The predicted octanol–water partition coefficient (Wildman–Crippen LogP) is 1.35. The summed E-state index contributed by atoms with van der Waals surface area (Å²) in [5.41, 5.74) is -0.235. The van der Waals surface area contributed by atoms with Gasteiger partial charge in [0.05, 0.1) is 11.2 Å². The van der Waals surface area contributed by atoms with Crippen molar-refractivity contribution in [3.63, 3.8) is 0 Å². The van der Waals surface area contributed by atoms with Crippen molar-refractivity contribution in [2.24, 2.45) is 0 Å². The van der Waals surface area contributed by atoms with Crippen LogP contribution in [-0.4, -0.2) is 29.5 Å². The van der Waals surface area contributed by atoms with Gasteiger partial charge >= 0.3 is 5.97 Å². The molecule has 0 bridgehead atoms. The molecule has 2 rings (SSSR count). The summed E-state index contributed by atoms with van der Waals surface area (Å²) in [6.07, 6.45) is 1.24. The van der Waals surface area contributed by atoms with Crippen molar-refractivity contribution in [3.8, 4) is 0 Å². The normalized spacial score (nSPS) is 11.2. The molecule has 0 aliphatic carbocycles. The van der Waals surface area contributed by atoms with Gasteiger partial charge in [-0.15, -0.1) is 11.3 Å². The zero-order valence-electron chi connectivity index (χ0n) is 9.69. The van der Waals surface area contributed by atoms with Crippen LogP contribution < -0.4 is 4.72 Å². The quantitative estimate of drug-likeness (QED) is 0.881. The molecular weight excluding hydrogens is 290 g/mol. The van der Waals surface area contributed by atoms with Gasteiger partial charge < -0.3 is 5.11 Å². The van der Waals surface area contributed by atoms with E-state index in [1.165, 1.54) is 24.4 Å². The molecule has 0 fully saturated rings. The number of aromatic carboxylic acids is 1. The summed E-state index contributed by atoms with van der Waals surface area (Å²) in [5.74, 6) is -1.28. The molecule has 9 heteroatoms. The first-order valence-electron chi connectivity index (χ1n) is 5.04. The number of thiazole rings is 1. The summed E-state index contributed by atoms with van der Waals surface area (Å²) in [6, 6.07) is 4.06. The smallest absolute Gasteiger partial charge is 0.354 e. The largest absolute Gasteiger partial charge is 0.477 e. The lowest BCUT2D eigenvalue weighted by Gasteiger charge is -2.05. The van der Waals surface area contributed by atoms with Gasteiger partial charge in [-0.2, -0.15) is 0 Å². The lowest BCUT2D eigenvalue weighted by molar-refractivity contribution is 0.0690. The Morgan fingerprint density at radius 1 is 1.42 bits per heavy atom. The van der Waals surface area contributed by atoms with Crippen LogP contribution in [0, 0.1) is 6.92 Å². The molecule has 0 saturated heterocycles. The van der Waals surface area contributed by atoms with E-state index in [2.05, 4.69) is 14.7 Å². The molecule has 0 aliphatic heterocycles. The fourth-order valence-electron chi connectivity index (χ4n) is 1.26. The summed E-state index contributed by atoms with van der Waals surface area (Å²) in [7, 11) is -3.78. The molecule has 0 saturated carbocycles. The zero-order valence-corrected chi connectivity index (χ0v) is 11.3. The molecule has 0 aliphatic rings. The van der Waals surface area contributed by atoms with E-state index in [9.17, 15) is 13.2 Å². The van der Waals surface area contributed by atoms with Gasteiger partial charge in [-0.1, -0.05) is 6.07 Å². The minimum Gasteiger partial charge on any atom is -0.477 e. The average molecular weight is 299 g/mol. The summed E-state index contributed by atoms with van der Waals surface area (Å²) in [6.45, 7) is 1.69. The number of aryl methyl sites for hydroxylation is 1. The number of hydrogen-bond donors (Lipinski definition) is 2. The van der Waals surface area contributed by atoms with Crippen molar-refractivity contribution in [3.05, 3.63) is 35.1 Å². The molecule has 2 aromatic heterocycles. The van der Waals surface area contributed by atoms with E-state index in [1.807, 2.05) is 0 Å². The van der Waals surface area contributed by atoms with Gasteiger partial charge in [-0.3, -0.25) is 4.72 Å². The van der Waals surface area contributed by atoms with E-state index >= 15 is 0 Å². The second-order valence-corrected chi connectivity index (χ2v) is 6.66. The standard InChI is InChI=1S/C10H9N3O4S2/c1-6-11-5-9(18-6)19(16,17)13-8-4-2-3-7(12-8)10(14)15/h2-5H,1H3,(H,12,13)(H,14,15). The third-order valence-electron chi connectivity index (χ3n) is 2.07. The molecule has 0 amide bonds. The number of carboxylic acids is 1. The third-order valence-corrected chi connectivity index (χ3v) is 4.80. The molecule has 2 N–H and O–H groups in total. The number of carbonyl (C=O) groups is 1. The Hall–Kier alpha value is -2.00. The first-order valence-corrected chi connectivity index (χ1v) is 7.34. The first kappa shape index (κ1) is 13.4. The van der Waals surface area contributed by atoms with Gasteiger partial charge in [0.15, 0.2) is 9.90 Å². The number of sulfonamides is 1. The highest BCUT2D eigenvalue weighted by atomic mass is 32.2. The Labute approximate surface area is 113 Å². The molecular formula is C10H9N3O4S2. The minimum atomic E-state index is -3.78. The summed E-state index contributed by atoms with van der Waals surface area (Å²) < 4.78 is 26.2. The molecule has 2 aromatic rings. The maximum absolute atomic E-state index is 12.0. The Bertz CT molecular complexity index is 724. The molecule has 0 unspecified atom stereocenters. The van der Waals surface area contributed by atoms with Crippen molar-refractivity contribution < 1.29 is 18.3 Å². The Morgan fingerprint density at radius 3 is 2.74 bits per heavy atom. The van der Waals surface area contributed by atoms with Crippen LogP contribution in [-0.2, 0) is 10.0 Å². The van der Waals surface area contributed by atoms with Gasteiger partial charge in [-0.25, -0.2) is 23.2 Å². The van der Waals surface area contributed by atoms with Gasteiger partial charge in [0.2, 0.25) is 0 Å². The first-order chi connectivity index (χ1) is 8.88. The van der Waals surface area contributed by atoms with Crippen LogP contribution in [0.4, 0.5) is 5.82 Å². The Balaban J connectivity index is 2.30. The lowest BCUT2D eigenvalue weighted by Crippen LogP contribution is -2.13. The maximum Gasteiger partial charge on any atom is 0.354 e. The van der Waals surface area contributed by atoms with E-state index in [-0.39, 0.29) is 15.7 Å². The zero-order chi connectivity index (χ0) is 14.0. The van der Waals surface area contributed by atoms with E-state index in [0.29, 0.717) is 5.01 Å². The second kappa shape index (κ2) is 4.94. The van der Waals surface area contributed by atoms with Crippen molar-refractivity contribution in [2.75, 3.05) is 4.72 Å². The van der Waals surface area contributed by atoms with Crippen LogP contribution >= 0.6 is 11.3 Å². The Morgan fingerprint density at radius 2 is 2.16 bits per heavy atom. The van der Waals surface area contributed by atoms with Crippen LogP contribution in [0.5, 0.6) is 0 Å². The van der Waals surface area contributed by atoms with E-state index in [1.54, 1.807) is 6.92 Å². The average Bonchev–Trinajstić information content (AvgIpc) is 2.76. The highest BCUT2D eigenvalue weighted by Crippen LogP contribution is 2.20. The fraction of sp³-hybridized carbons (Fsp3) is 0.100. The molecule has 2 heterocycles. The number of rotatable bonds is 4. The maximum atomic E-state index is 12.0. The molecule has 0 aromatic carbocycles. The molecule has 19 heavy (non-hydrogen) atoms. The number of carboxylic acid groups (broad SMARTS) is 1. The summed E-state index contributed by atoms with van der Waals surface area (Å²) in [4.78, 5) is 18.3. The van der Waals surface area contributed by atoms with Crippen LogP contribution in [0.1, 0.15) is 15.5 Å². The molecule has 0 atom stereocenters. The van der Waals surface area contributed by atoms with Gasteiger partial charge in [0, 0.05) is 0 Å². The fourth-order valence-corrected chi connectivity index (χ4v) is 3.37.